The first-order valence-electron chi connectivity index (χ1n) is 6.71. The fourth-order valence-electron chi connectivity index (χ4n) is 2.60. The molecule has 0 saturated heterocycles. The van der Waals surface area contributed by atoms with E-state index in [4.69, 9.17) is 0 Å². The Morgan fingerprint density at radius 1 is 1.45 bits per heavy atom. The molecule has 2 heterocycles. The van der Waals surface area contributed by atoms with Crippen LogP contribution in [0.2, 0.25) is 0 Å². The van der Waals surface area contributed by atoms with Crippen LogP contribution in [0.5, 0.6) is 0 Å². The Morgan fingerprint density at radius 3 is 2.90 bits per heavy atom. The van der Waals surface area contributed by atoms with Gasteiger partial charge >= 0.3 is 0 Å². The van der Waals surface area contributed by atoms with Gasteiger partial charge < -0.3 is 4.57 Å². The number of hydrogen-bond acceptors (Lipinski definition) is 5. The molecule has 0 spiro atoms. The first-order chi connectivity index (χ1) is 9.74. The predicted octanol–water partition coefficient (Wildman–Crippen LogP) is 3.72. The van der Waals surface area contributed by atoms with Crippen LogP contribution < -0.4 is 0 Å². The molecule has 1 aliphatic rings. The first kappa shape index (κ1) is 13.7. The molecule has 3 rings (SSSR count). The van der Waals surface area contributed by atoms with Crippen molar-refractivity contribution in [3.05, 3.63) is 17.5 Å². The van der Waals surface area contributed by atoms with Gasteiger partial charge in [0.25, 0.3) is 0 Å². The van der Waals surface area contributed by atoms with Crippen LogP contribution in [-0.2, 0) is 7.05 Å². The fraction of sp³-hybridized carbons (Fsp3) is 0.500. The van der Waals surface area contributed by atoms with E-state index in [9.17, 15) is 5.26 Å². The van der Waals surface area contributed by atoms with Crippen molar-refractivity contribution in [3.63, 3.8) is 0 Å². The molecule has 1 aliphatic carbocycles. The molecule has 0 radical (unpaired) electrons. The lowest BCUT2D eigenvalue weighted by Crippen LogP contribution is -2.17. The lowest BCUT2D eigenvalue weighted by Gasteiger charge is -2.18. The average Bonchev–Trinajstić information content (AvgIpc) is 3.18. The Morgan fingerprint density at radius 2 is 2.25 bits per heavy atom. The van der Waals surface area contributed by atoms with E-state index in [-0.39, 0.29) is 5.41 Å². The van der Waals surface area contributed by atoms with Crippen molar-refractivity contribution < 1.29 is 0 Å². The molecule has 104 valence electrons. The number of thiophene rings is 1. The maximum atomic E-state index is 9.41. The molecular formula is C14H16N4S2. The summed E-state index contributed by atoms with van der Waals surface area (Å²) >= 11 is 3.32. The summed E-state index contributed by atoms with van der Waals surface area (Å²) in [5, 5.41) is 20.9. The summed E-state index contributed by atoms with van der Waals surface area (Å²) in [7, 11) is 1.99. The summed E-state index contributed by atoms with van der Waals surface area (Å²) in [6.45, 7) is 0. The summed E-state index contributed by atoms with van der Waals surface area (Å²) < 4.78 is 2.02. The molecule has 0 bridgehead atoms. The van der Waals surface area contributed by atoms with Gasteiger partial charge in [-0.25, -0.2) is 0 Å². The van der Waals surface area contributed by atoms with Gasteiger partial charge in [0.1, 0.15) is 0 Å². The van der Waals surface area contributed by atoms with Crippen molar-refractivity contribution in [2.24, 2.45) is 12.5 Å². The van der Waals surface area contributed by atoms with Crippen LogP contribution in [0.25, 0.3) is 10.7 Å². The third-order valence-electron chi connectivity index (χ3n) is 3.85. The van der Waals surface area contributed by atoms with Gasteiger partial charge in [0.05, 0.1) is 16.4 Å². The Bertz CT molecular complexity index is 618. The Labute approximate surface area is 126 Å². The normalized spacial score (nSPS) is 17.2. The van der Waals surface area contributed by atoms with Crippen LogP contribution in [0.3, 0.4) is 0 Å². The van der Waals surface area contributed by atoms with Crippen LogP contribution in [0.4, 0.5) is 0 Å². The minimum Gasteiger partial charge on any atom is -0.305 e. The Hall–Kier alpha value is -1.32. The van der Waals surface area contributed by atoms with E-state index in [0.717, 1.165) is 34.5 Å². The summed E-state index contributed by atoms with van der Waals surface area (Å²) in [6.07, 6.45) is 4.39. The van der Waals surface area contributed by atoms with Crippen LogP contribution in [0, 0.1) is 16.7 Å². The van der Waals surface area contributed by atoms with Crippen LogP contribution in [0.1, 0.15) is 25.7 Å². The van der Waals surface area contributed by atoms with Gasteiger partial charge in [0.15, 0.2) is 11.0 Å². The molecule has 2 aromatic heterocycles. The van der Waals surface area contributed by atoms with Crippen molar-refractivity contribution in [2.45, 2.75) is 30.8 Å². The third kappa shape index (κ3) is 2.48. The van der Waals surface area contributed by atoms with Crippen molar-refractivity contribution >= 4 is 23.1 Å². The molecule has 1 fully saturated rings. The molecule has 0 N–H and O–H groups in total. The molecule has 1 saturated carbocycles. The van der Waals surface area contributed by atoms with E-state index in [1.165, 1.54) is 12.8 Å². The highest BCUT2D eigenvalue weighted by atomic mass is 32.2. The SMILES string of the molecule is Cn1c(SCC2(C#N)CCCC2)nnc1-c1cccs1. The highest BCUT2D eigenvalue weighted by Gasteiger charge is 2.34. The molecule has 4 nitrogen and oxygen atoms in total. The summed E-state index contributed by atoms with van der Waals surface area (Å²) in [5.41, 5.74) is -0.153. The van der Waals surface area contributed by atoms with Crippen molar-refractivity contribution in [2.75, 3.05) is 5.75 Å². The monoisotopic (exact) mass is 304 g/mol. The quantitative estimate of drug-likeness (QED) is 0.808. The smallest absolute Gasteiger partial charge is 0.191 e. The number of thioether (sulfide) groups is 1. The third-order valence-corrected chi connectivity index (χ3v) is 6.03. The molecule has 2 aromatic rings. The van der Waals surface area contributed by atoms with Gasteiger partial charge in [-0.2, -0.15) is 5.26 Å². The van der Waals surface area contributed by atoms with Crippen molar-refractivity contribution in [1.82, 2.24) is 14.8 Å². The van der Waals surface area contributed by atoms with Gasteiger partial charge in [0.2, 0.25) is 0 Å². The summed E-state index contributed by atoms with van der Waals surface area (Å²) in [6, 6.07) is 6.60. The second kappa shape index (κ2) is 5.58. The van der Waals surface area contributed by atoms with E-state index in [0.29, 0.717) is 0 Å². The molecule has 0 unspecified atom stereocenters. The maximum Gasteiger partial charge on any atom is 0.191 e. The largest absolute Gasteiger partial charge is 0.305 e. The second-order valence-corrected chi connectivity index (χ2v) is 7.12. The second-order valence-electron chi connectivity index (χ2n) is 5.23. The lowest BCUT2D eigenvalue weighted by molar-refractivity contribution is 0.471. The van der Waals surface area contributed by atoms with Gasteiger partial charge in [-0.1, -0.05) is 30.7 Å². The number of rotatable bonds is 4. The standard InChI is InChI=1S/C14H16N4S2/c1-18-12(11-5-4-8-19-11)16-17-13(18)20-10-14(9-15)6-2-3-7-14/h4-5,8H,2-3,6-7,10H2,1H3. The van der Waals surface area contributed by atoms with Gasteiger partial charge in [-0.3, -0.25) is 0 Å². The summed E-state index contributed by atoms with van der Waals surface area (Å²) in [4.78, 5) is 1.13. The molecule has 0 aromatic carbocycles. The molecular weight excluding hydrogens is 288 g/mol. The average molecular weight is 304 g/mol. The van der Waals surface area contributed by atoms with Crippen molar-refractivity contribution in [1.29, 1.82) is 5.26 Å². The minimum absolute atomic E-state index is 0.153. The number of nitriles is 1. The Balaban J connectivity index is 1.74. The summed E-state index contributed by atoms with van der Waals surface area (Å²) in [5.74, 6) is 1.72. The highest BCUT2D eigenvalue weighted by Crippen LogP contribution is 2.41. The number of hydrogen-bond donors (Lipinski definition) is 0. The van der Waals surface area contributed by atoms with E-state index in [2.05, 4.69) is 22.3 Å². The fourth-order valence-corrected chi connectivity index (χ4v) is 4.49. The van der Waals surface area contributed by atoms with E-state index in [1.807, 2.05) is 23.1 Å². The lowest BCUT2D eigenvalue weighted by atomic mass is 9.91. The topological polar surface area (TPSA) is 54.5 Å². The zero-order chi connectivity index (χ0) is 14.0. The van der Waals surface area contributed by atoms with Gasteiger partial charge in [-0.05, 0) is 24.3 Å². The molecule has 20 heavy (non-hydrogen) atoms. The van der Waals surface area contributed by atoms with Crippen molar-refractivity contribution in [3.8, 4) is 16.8 Å². The van der Waals surface area contributed by atoms with Gasteiger partial charge in [-0.15, -0.1) is 21.5 Å². The first-order valence-corrected chi connectivity index (χ1v) is 8.58. The number of aromatic nitrogens is 3. The van der Waals surface area contributed by atoms with E-state index >= 15 is 0 Å². The highest BCUT2D eigenvalue weighted by molar-refractivity contribution is 7.99. The van der Waals surface area contributed by atoms with E-state index in [1.54, 1.807) is 23.1 Å². The molecule has 0 atom stereocenters. The van der Waals surface area contributed by atoms with Crippen LogP contribution >= 0.6 is 23.1 Å². The zero-order valence-electron chi connectivity index (χ0n) is 11.4. The van der Waals surface area contributed by atoms with Gasteiger partial charge in [0, 0.05) is 12.8 Å². The van der Waals surface area contributed by atoms with E-state index < -0.39 is 0 Å². The zero-order valence-corrected chi connectivity index (χ0v) is 13.0. The predicted molar refractivity (Wildman–Crippen MR) is 81.6 cm³/mol. The van der Waals surface area contributed by atoms with Crippen LogP contribution in [-0.4, -0.2) is 20.5 Å². The van der Waals surface area contributed by atoms with Crippen LogP contribution in [0.15, 0.2) is 22.7 Å². The number of nitrogens with zero attached hydrogens (tertiary/aromatic N) is 4. The molecule has 0 aliphatic heterocycles. The molecule has 6 heteroatoms. The minimum atomic E-state index is -0.153. The molecule has 0 amide bonds. The maximum absolute atomic E-state index is 9.41. The Kier molecular flexibility index (Phi) is 3.81.